The molecule has 0 radical (unpaired) electrons. The second-order valence-electron chi connectivity index (χ2n) is 5.40. The summed E-state index contributed by atoms with van der Waals surface area (Å²) >= 11 is 0. The van der Waals surface area contributed by atoms with Crippen LogP contribution in [0.1, 0.15) is 32.7 Å². The van der Waals surface area contributed by atoms with Gasteiger partial charge in [-0.2, -0.15) is 0 Å². The van der Waals surface area contributed by atoms with E-state index in [2.05, 4.69) is 0 Å². The molecule has 1 aliphatic rings. The molecule has 0 spiro atoms. The number of rotatable bonds is 4. The van der Waals surface area contributed by atoms with E-state index in [0.29, 0.717) is 30.6 Å². The van der Waals surface area contributed by atoms with Gasteiger partial charge in [0.25, 0.3) is 17.4 Å². The van der Waals surface area contributed by atoms with Crippen LogP contribution < -0.4 is 5.56 Å². The van der Waals surface area contributed by atoms with E-state index in [1.165, 1.54) is 4.90 Å². The van der Waals surface area contributed by atoms with E-state index < -0.39 is 0 Å². The first-order chi connectivity index (χ1) is 10.6. The zero-order valence-electron chi connectivity index (χ0n) is 12.3. The SMILES string of the molecule is Cc1ccn(CCCN2C(=O)c3ccccc3C2=O)c(=O)c1. The first-order valence-corrected chi connectivity index (χ1v) is 7.20. The molecule has 5 nitrogen and oxygen atoms in total. The summed E-state index contributed by atoms with van der Waals surface area (Å²) < 4.78 is 1.59. The van der Waals surface area contributed by atoms with E-state index in [9.17, 15) is 14.4 Å². The molecule has 1 aromatic carbocycles. The molecule has 1 aromatic heterocycles. The summed E-state index contributed by atoms with van der Waals surface area (Å²) in [6.07, 6.45) is 2.29. The fourth-order valence-electron chi connectivity index (χ4n) is 2.63. The Labute approximate surface area is 127 Å². The van der Waals surface area contributed by atoms with Crippen LogP contribution in [-0.4, -0.2) is 27.8 Å². The summed E-state index contributed by atoms with van der Waals surface area (Å²) in [7, 11) is 0. The highest BCUT2D eigenvalue weighted by atomic mass is 16.2. The number of hydrogen-bond donors (Lipinski definition) is 0. The van der Waals surface area contributed by atoms with E-state index in [1.54, 1.807) is 41.1 Å². The maximum absolute atomic E-state index is 12.2. The largest absolute Gasteiger partial charge is 0.315 e. The third-order valence-electron chi connectivity index (χ3n) is 3.81. The van der Waals surface area contributed by atoms with Crippen LogP contribution in [0.4, 0.5) is 0 Å². The van der Waals surface area contributed by atoms with Crippen LogP contribution in [0, 0.1) is 6.92 Å². The average Bonchev–Trinajstić information content (AvgIpc) is 2.75. The number of imide groups is 1. The fourth-order valence-corrected chi connectivity index (χ4v) is 2.63. The summed E-state index contributed by atoms with van der Waals surface area (Å²) in [6.45, 7) is 2.66. The van der Waals surface area contributed by atoms with Crippen molar-refractivity contribution in [3.8, 4) is 0 Å². The minimum atomic E-state index is -0.253. The molecule has 0 N–H and O–H groups in total. The predicted molar refractivity (Wildman–Crippen MR) is 81.9 cm³/mol. The van der Waals surface area contributed by atoms with Crippen LogP contribution >= 0.6 is 0 Å². The van der Waals surface area contributed by atoms with Crippen LogP contribution in [0.2, 0.25) is 0 Å². The number of aryl methyl sites for hydroxylation is 2. The van der Waals surface area contributed by atoms with Gasteiger partial charge in [0, 0.05) is 25.4 Å². The Morgan fingerprint density at radius 1 is 0.909 bits per heavy atom. The Bertz CT molecular complexity index is 773. The number of carbonyl (C=O) groups is 2. The van der Waals surface area contributed by atoms with Crippen molar-refractivity contribution in [2.24, 2.45) is 0 Å². The van der Waals surface area contributed by atoms with Crippen molar-refractivity contribution in [1.29, 1.82) is 0 Å². The zero-order chi connectivity index (χ0) is 15.7. The molecule has 2 aromatic rings. The first kappa shape index (κ1) is 14.3. The second-order valence-corrected chi connectivity index (χ2v) is 5.40. The van der Waals surface area contributed by atoms with Crippen LogP contribution in [0.15, 0.2) is 47.4 Å². The standard InChI is InChI=1S/C17H16N2O3/c1-12-7-10-18(15(20)11-12)8-4-9-19-16(21)13-5-2-3-6-14(13)17(19)22/h2-3,5-7,10-11H,4,8-9H2,1H3. The quantitative estimate of drug-likeness (QED) is 0.809. The topological polar surface area (TPSA) is 59.4 Å². The number of nitrogens with zero attached hydrogens (tertiary/aromatic N) is 2. The zero-order valence-corrected chi connectivity index (χ0v) is 12.3. The van der Waals surface area contributed by atoms with Gasteiger partial charge in [-0.25, -0.2) is 0 Å². The Hall–Kier alpha value is -2.69. The summed E-state index contributed by atoms with van der Waals surface area (Å²) in [6, 6.07) is 10.3. The van der Waals surface area contributed by atoms with Gasteiger partial charge in [0.1, 0.15) is 0 Å². The van der Waals surface area contributed by atoms with Gasteiger partial charge in [-0.15, -0.1) is 0 Å². The first-order valence-electron chi connectivity index (χ1n) is 7.20. The Morgan fingerprint density at radius 2 is 1.55 bits per heavy atom. The van der Waals surface area contributed by atoms with E-state index in [0.717, 1.165) is 5.56 Å². The fraction of sp³-hybridized carbons (Fsp3) is 0.235. The average molecular weight is 296 g/mol. The number of carbonyl (C=O) groups excluding carboxylic acids is 2. The Balaban J connectivity index is 1.67. The Kier molecular flexibility index (Phi) is 3.63. The van der Waals surface area contributed by atoms with Gasteiger partial charge < -0.3 is 4.57 Å². The molecule has 0 saturated heterocycles. The van der Waals surface area contributed by atoms with Gasteiger partial charge in [-0.1, -0.05) is 12.1 Å². The minimum absolute atomic E-state index is 0.0673. The van der Waals surface area contributed by atoms with Gasteiger partial charge in [0.15, 0.2) is 0 Å². The molecule has 22 heavy (non-hydrogen) atoms. The maximum Gasteiger partial charge on any atom is 0.261 e. The molecule has 0 fully saturated rings. The van der Waals surface area contributed by atoms with E-state index in [4.69, 9.17) is 0 Å². The van der Waals surface area contributed by atoms with Crippen molar-refractivity contribution in [3.63, 3.8) is 0 Å². The van der Waals surface area contributed by atoms with Gasteiger partial charge in [-0.3, -0.25) is 19.3 Å². The van der Waals surface area contributed by atoms with Crippen molar-refractivity contribution >= 4 is 11.8 Å². The van der Waals surface area contributed by atoms with Crippen molar-refractivity contribution < 1.29 is 9.59 Å². The molecule has 112 valence electrons. The summed E-state index contributed by atoms with van der Waals surface area (Å²) in [5, 5.41) is 0. The van der Waals surface area contributed by atoms with Crippen molar-refractivity contribution in [2.45, 2.75) is 19.9 Å². The summed E-state index contributed by atoms with van der Waals surface area (Å²) in [5.41, 5.74) is 1.77. The molecule has 0 saturated carbocycles. The molecule has 0 unspecified atom stereocenters. The molecule has 3 rings (SSSR count). The number of pyridine rings is 1. The number of fused-ring (bicyclic) bond motifs is 1. The van der Waals surface area contributed by atoms with Crippen LogP contribution in [-0.2, 0) is 6.54 Å². The van der Waals surface area contributed by atoms with Gasteiger partial charge in [0.2, 0.25) is 0 Å². The lowest BCUT2D eigenvalue weighted by molar-refractivity contribution is 0.0650. The van der Waals surface area contributed by atoms with Gasteiger partial charge in [-0.05, 0) is 37.1 Å². The third-order valence-corrected chi connectivity index (χ3v) is 3.81. The molecule has 2 heterocycles. The van der Waals surface area contributed by atoms with Crippen LogP contribution in [0.3, 0.4) is 0 Å². The Morgan fingerprint density at radius 3 is 2.14 bits per heavy atom. The number of hydrogen-bond acceptors (Lipinski definition) is 3. The van der Waals surface area contributed by atoms with Crippen molar-refractivity contribution in [2.75, 3.05) is 6.54 Å². The molecule has 2 amide bonds. The number of aromatic nitrogens is 1. The van der Waals surface area contributed by atoms with Gasteiger partial charge >= 0.3 is 0 Å². The lowest BCUT2D eigenvalue weighted by Crippen LogP contribution is -2.32. The molecular formula is C17H16N2O3. The number of amides is 2. The van der Waals surface area contributed by atoms with Crippen molar-refractivity contribution in [1.82, 2.24) is 9.47 Å². The van der Waals surface area contributed by atoms with Gasteiger partial charge in [0.05, 0.1) is 11.1 Å². The smallest absolute Gasteiger partial charge is 0.261 e. The summed E-state index contributed by atoms with van der Waals surface area (Å²) in [4.78, 5) is 37.4. The van der Waals surface area contributed by atoms with Crippen LogP contribution in [0.25, 0.3) is 0 Å². The lowest BCUT2D eigenvalue weighted by atomic mass is 10.1. The monoisotopic (exact) mass is 296 g/mol. The number of benzene rings is 1. The molecule has 1 aliphatic heterocycles. The maximum atomic E-state index is 12.2. The predicted octanol–water partition coefficient (Wildman–Crippen LogP) is 1.84. The lowest BCUT2D eigenvalue weighted by Gasteiger charge is -2.14. The highest BCUT2D eigenvalue weighted by Gasteiger charge is 2.34. The van der Waals surface area contributed by atoms with Crippen LogP contribution in [0.5, 0.6) is 0 Å². The second kappa shape index (κ2) is 5.60. The third kappa shape index (κ3) is 2.45. The normalized spacial score (nSPS) is 13.6. The minimum Gasteiger partial charge on any atom is -0.315 e. The van der Waals surface area contributed by atoms with Crippen molar-refractivity contribution in [3.05, 3.63) is 69.6 Å². The molecule has 0 aliphatic carbocycles. The van der Waals surface area contributed by atoms with E-state index in [-0.39, 0.29) is 17.4 Å². The van der Waals surface area contributed by atoms with E-state index in [1.807, 2.05) is 13.0 Å². The molecule has 0 bridgehead atoms. The molecule has 0 atom stereocenters. The molecule has 5 heteroatoms. The summed E-state index contributed by atoms with van der Waals surface area (Å²) in [5.74, 6) is -0.506. The highest BCUT2D eigenvalue weighted by molar-refractivity contribution is 6.21. The van der Waals surface area contributed by atoms with E-state index >= 15 is 0 Å². The molecular weight excluding hydrogens is 280 g/mol. The highest BCUT2D eigenvalue weighted by Crippen LogP contribution is 2.22.